The number of carbonyl (C=O) groups is 2. The van der Waals surface area contributed by atoms with Crippen molar-refractivity contribution in [2.45, 2.75) is 19.8 Å². The van der Waals surface area contributed by atoms with Crippen LogP contribution in [0.5, 0.6) is 0 Å². The molecule has 0 aliphatic rings. The van der Waals surface area contributed by atoms with Crippen LogP contribution >= 0.6 is 0 Å². The third-order valence-corrected chi connectivity index (χ3v) is 1.96. The Labute approximate surface area is 86.4 Å². The lowest BCUT2D eigenvalue weighted by Crippen LogP contribution is -2.06. The van der Waals surface area contributed by atoms with Gasteiger partial charge >= 0.3 is 11.9 Å². The fourth-order valence-corrected chi connectivity index (χ4v) is 1.26. The minimum atomic E-state index is -1.08. The summed E-state index contributed by atoms with van der Waals surface area (Å²) >= 11 is 0. The van der Waals surface area contributed by atoms with Crippen molar-refractivity contribution in [2.75, 3.05) is 0 Å². The van der Waals surface area contributed by atoms with Gasteiger partial charge in [-0.25, -0.2) is 4.79 Å². The van der Waals surface area contributed by atoms with Gasteiger partial charge in [0.2, 0.25) is 0 Å². The van der Waals surface area contributed by atoms with Gasteiger partial charge in [-0.05, 0) is 25.0 Å². The van der Waals surface area contributed by atoms with Gasteiger partial charge in [-0.2, -0.15) is 0 Å². The minimum Gasteiger partial charge on any atom is -0.481 e. The quantitative estimate of drug-likeness (QED) is 0.775. The van der Waals surface area contributed by atoms with Gasteiger partial charge in [-0.3, -0.25) is 9.78 Å². The van der Waals surface area contributed by atoms with Crippen LogP contribution in [0.2, 0.25) is 0 Å². The van der Waals surface area contributed by atoms with Gasteiger partial charge in [-0.15, -0.1) is 0 Å². The Kier molecular flexibility index (Phi) is 3.38. The second-order valence-electron chi connectivity index (χ2n) is 3.18. The van der Waals surface area contributed by atoms with Gasteiger partial charge in [0.25, 0.3) is 0 Å². The number of aromatic carboxylic acids is 1. The van der Waals surface area contributed by atoms with E-state index in [2.05, 4.69) is 4.98 Å². The van der Waals surface area contributed by atoms with E-state index in [4.69, 9.17) is 10.2 Å². The van der Waals surface area contributed by atoms with Gasteiger partial charge < -0.3 is 10.2 Å². The molecule has 80 valence electrons. The summed E-state index contributed by atoms with van der Waals surface area (Å²) in [6.07, 6.45) is 1.39. The van der Waals surface area contributed by atoms with Crippen molar-refractivity contribution in [3.63, 3.8) is 0 Å². The Hall–Kier alpha value is -1.91. The minimum absolute atomic E-state index is 0.0712. The lowest BCUT2D eigenvalue weighted by molar-refractivity contribution is -0.136. The fourth-order valence-electron chi connectivity index (χ4n) is 1.26. The molecule has 0 radical (unpaired) electrons. The Balaban J connectivity index is 2.96. The molecule has 0 amide bonds. The number of hydrogen-bond acceptors (Lipinski definition) is 3. The third-order valence-electron chi connectivity index (χ3n) is 1.96. The highest BCUT2D eigenvalue weighted by atomic mass is 16.4. The molecule has 0 saturated heterocycles. The van der Waals surface area contributed by atoms with E-state index >= 15 is 0 Å². The molecule has 15 heavy (non-hydrogen) atoms. The lowest BCUT2D eigenvalue weighted by atomic mass is 10.0. The Bertz CT molecular complexity index is 400. The normalized spacial score (nSPS) is 9.93. The van der Waals surface area contributed by atoms with Crippen molar-refractivity contribution in [3.8, 4) is 0 Å². The SMILES string of the molecule is Cc1cc(CCC(=O)O)c(C(=O)O)cn1. The highest BCUT2D eigenvalue weighted by Crippen LogP contribution is 2.11. The molecule has 0 saturated carbocycles. The number of carboxylic acid groups (broad SMARTS) is 2. The Morgan fingerprint density at radius 1 is 1.40 bits per heavy atom. The molecule has 0 aliphatic heterocycles. The molecule has 1 rings (SSSR count). The van der Waals surface area contributed by atoms with Crippen molar-refractivity contribution in [2.24, 2.45) is 0 Å². The first-order valence-electron chi connectivity index (χ1n) is 4.41. The monoisotopic (exact) mass is 209 g/mol. The molecule has 5 nitrogen and oxygen atoms in total. The highest BCUT2D eigenvalue weighted by molar-refractivity contribution is 5.89. The zero-order valence-electron chi connectivity index (χ0n) is 8.23. The van der Waals surface area contributed by atoms with Crippen molar-refractivity contribution in [3.05, 3.63) is 29.1 Å². The maximum absolute atomic E-state index is 10.8. The fraction of sp³-hybridized carbons (Fsp3) is 0.300. The maximum Gasteiger partial charge on any atom is 0.337 e. The molecule has 0 fully saturated rings. The summed E-state index contributed by atoms with van der Waals surface area (Å²) in [5.74, 6) is -2.02. The first-order chi connectivity index (χ1) is 7.00. The van der Waals surface area contributed by atoms with Gasteiger partial charge in [0, 0.05) is 18.3 Å². The van der Waals surface area contributed by atoms with Gasteiger partial charge in [0.05, 0.1) is 5.56 Å². The zero-order valence-corrected chi connectivity index (χ0v) is 8.23. The summed E-state index contributed by atoms with van der Waals surface area (Å²) in [5.41, 5.74) is 1.26. The summed E-state index contributed by atoms with van der Waals surface area (Å²) < 4.78 is 0. The molecule has 0 bridgehead atoms. The summed E-state index contributed by atoms with van der Waals surface area (Å²) in [7, 11) is 0. The number of aromatic nitrogens is 1. The van der Waals surface area contributed by atoms with Crippen LogP contribution in [-0.2, 0) is 11.2 Å². The Morgan fingerprint density at radius 2 is 2.07 bits per heavy atom. The molecular weight excluding hydrogens is 198 g/mol. The van der Waals surface area contributed by atoms with Gasteiger partial charge in [0.15, 0.2) is 0 Å². The summed E-state index contributed by atoms with van der Waals surface area (Å²) in [4.78, 5) is 25.0. The zero-order chi connectivity index (χ0) is 11.4. The van der Waals surface area contributed by atoms with Crippen LogP contribution in [0, 0.1) is 6.92 Å². The number of aryl methyl sites for hydroxylation is 2. The molecule has 1 heterocycles. The average Bonchev–Trinajstić information content (AvgIpc) is 2.14. The van der Waals surface area contributed by atoms with E-state index in [-0.39, 0.29) is 18.4 Å². The number of aliphatic carboxylic acids is 1. The number of nitrogens with zero attached hydrogens (tertiary/aromatic N) is 1. The predicted octanol–water partition coefficient (Wildman–Crippen LogP) is 1.11. The van der Waals surface area contributed by atoms with E-state index in [1.165, 1.54) is 6.20 Å². The van der Waals surface area contributed by atoms with Crippen molar-refractivity contribution >= 4 is 11.9 Å². The van der Waals surface area contributed by atoms with Crippen LogP contribution in [0.25, 0.3) is 0 Å². The summed E-state index contributed by atoms with van der Waals surface area (Å²) in [5, 5.41) is 17.3. The number of rotatable bonds is 4. The number of pyridine rings is 1. The lowest BCUT2D eigenvalue weighted by Gasteiger charge is -2.04. The first kappa shape index (κ1) is 11.2. The predicted molar refractivity (Wildman–Crippen MR) is 51.9 cm³/mol. The van der Waals surface area contributed by atoms with Crippen LogP contribution < -0.4 is 0 Å². The van der Waals surface area contributed by atoms with Crippen LogP contribution in [-0.4, -0.2) is 27.1 Å². The largest absolute Gasteiger partial charge is 0.481 e. The molecule has 0 aliphatic carbocycles. The number of hydrogen-bond donors (Lipinski definition) is 2. The average molecular weight is 209 g/mol. The molecule has 0 unspecified atom stereocenters. The molecule has 0 aromatic carbocycles. The van der Waals surface area contributed by atoms with E-state index < -0.39 is 11.9 Å². The molecule has 2 N–H and O–H groups in total. The van der Waals surface area contributed by atoms with Gasteiger partial charge in [-0.1, -0.05) is 0 Å². The van der Waals surface area contributed by atoms with Crippen LogP contribution in [0.1, 0.15) is 28.0 Å². The van der Waals surface area contributed by atoms with E-state index in [0.717, 1.165) is 0 Å². The summed E-state index contributed by atoms with van der Waals surface area (Å²) in [6.45, 7) is 1.73. The Morgan fingerprint density at radius 3 is 2.60 bits per heavy atom. The van der Waals surface area contributed by atoms with E-state index in [9.17, 15) is 9.59 Å². The molecule has 1 aromatic rings. The van der Waals surface area contributed by atoms with Crippen molar-refractivity contribution in [1.82, 2.24) is 4.98 Å². The topological polar surface area (TPSA) is 87.5 Å². The summed E-state index contributed by atoms with van der Waals surface area (Å²) in [6, 6.07) is 1.60. The van der Waals surface area contributed by atoms with Crippen molar-refractivity contribution in [1.29, 1.82) is 0 Å². The maximum atomic E-state index is 10.8. The highest BCUT2D eigenvalue weighted by Gasteiger charge is 2.11. The third kappa shape index (κ3) is 3.05. The molecular formula is C10H11NO4. The smallest absolute Gasteiger partial charge is 0.337 e. The van der Waals surface area contributed by atoms with Crippen LogP contribution in [0.15, 0.2) is 12.3 Å². The second kappa shape index (κ2) is 4.54. The molecule has 1 aromatic heterocycles. The number of carboxylic acids is 2. The molecule has 0 spiro atoms. The molecule has 0 atom stereocenters. The van der Waals surface area contributed by atoms with E-state index in [1.807, 2.05) is 0 Å². The second-order valence-corrected chi connectivity index (χ2v) is 3.18. The van der Waals surface area contributed by atoms with E-state index in [1.54, 1.807) is 13.0 Å². The first-order valence-corrected chi connectivity index (χ1v) is 4.41. The van der Waals surface area contributed by atoms with Crippen LogP contribution in [0.4, 0.5) is 0 Å². The standard InChI is InChI=1S/C10H11NO4/c1-6-4-7(2-3-9(12)13)8(5-11-6)10(14)15/h4-5H,2-3H2,1H3,(H,12,13)(H,14,15). The van der Waals surface area contributed by atoms with Crippen molar-refractivity contribution < 1.29 is 19.8 Å². The van der Waals surface area contributed by atoms with Gasteiger partial charge in [0.1, 0.15) is 0 Å². The van der Waals surface area contributed by atoms with Crippen LogP contribution in [0.3, 0.4) is 0 Å². The molecule has 5 heteroatoms. The van der Waals surface area contributed by atoms with E-state index in [0.29, 0.717) is 11.3 Å².